The van der Waals surface area contributed by atoms with Crippen molar-refractivity contribution in [1.82, 2.24) is 4.90 Å². The average molecular weight is 200 g/mol. The predicted octanol–water partition coefficient (Wildman–Crippen LogP) is 0.359. The van der Waals surface area contributed by atoms with Crippen LogP contribution in [0.3, 0.4) is 0 Å². The van der Waals surface area contributed by atoms with Gasteiger partial charge in [0.25, 0.3) is 0 Å². The summed E-state index contributed by atoms with van der Waals surface area (Å²) in [4.78, 5) is 13.8. The van der Waals surface area contributed by atoms with Gasteiger partial charge in [-0.3, -0.25) is 4.79 Å². The van der Waals surface area contributed by atoms with E-state index in [0.717, 1.165) is 0 Å². The molecule has 4 nitrogen and oxygen atoms in total. The van der Waals surface area contributed by atoms with Crippen LogP contribution < -0.4 is 5.73 Å². The smallest absolute Gasteiger partial charge is 0.240 e. The summed E-state index contributed by atoms with van der Waals surface area (Å²) in [6, 6.07) is -0.0781. The van der Waals surface area contributed by atoms with E-state index in [9.17, 15) is 4.79 Å². The van der Waals surface area contributed by atoms with Crippen molar-refractivity contribution in [3.05, 3.63) is 0 Å². The molecule has 0 aromatic heterocycles. The van der Waals surface area contributed by atoms with Crippen LogP contribution in [0.2, 0.25) is 0 Å². The standard InChI is InChI=1S/C10H20N2O2/c1-4-9(11)10(13)12-7(2)5-14-6-8(12)3/h7-9H,4-6,11H2,1-3H3/t7-,8-,9+/m1/s1. The van der Waals surface area contributed by atoms with E-state index in [1.807, 2.05) is 25.7 Å². The molecule has 4 heteroatoms. The van der Waals surface area contributed by atoms with E-state index in [4.69, 9.17) is 10.5 Å². The molecule has 0 aromatic carbocycles. The van der Waals surface area contributed by atoms with Crippen molar-refractivity contribution in [1.29, 1.82) is 0 Å². The number of hydrogen-bond acceptors (Lipinski definition) is 3. The third-order valence-corrected chi connectivity index (χ3v) is 2.68. The van der Waals surface area contributed by atoms with E-state index in [1.165, 1.54) is 0 Å². The van der Waals surface area contributed by atoms with Gasteiger partial charge in [0.05, 0.1) is 31.3 Å². The van der Waals surface area contributed by atoms with Gasteiger partial charge in [0, 0.05) is 0 Å². The highest BCUT2D eigenvalue weighted by atomic mass is 16.5. The van der Waals surface area contributed by atoms with Gasteiger partial charge in [-0.15, -0.1) is 0 Å². The van der Waals surface area contributed by atoms with Gasteiger partial charge in [-0.1, -0.05) is 6.92 Å². The number of hydrogen-bond donors (Lipinski definition) is 1. The molecule has 0 unspecified atom stereocenters. The fourth-order valence-electron chi connectivity index (χ4n) is 1.80. The quantitative estimate of drug-likeness (QED) is 0.700. The molecule has 0 bridgehead atoms. The van der Waals surface area contributed by atoms with E-state index in [1.54, 1.807) is 0 Å². The van der Waals surface area contributed by atoms with Gasteiger partial charge in [0.2, 0.25) is 5.91 Å². The van der Waals surface area contributed by atoms with Crippen LogP contribution in [0.25, 0.3) is 0 Å². The van der Waals surface area contributed by atoms with Crippen LogP contribution >= 0.6 is 0 Å². The maximum Gasteiger partial charge on any atom is 0.240 e. The number of carbonyl (C=O) groups excluding carboxylic acids is 1. The molecular formula is C10H20N2O2. The van der Waals surface area contributed by atoms with Crippen molar-refractivity contribution in [2.75, 3.05) is 13.2 Å². The summed E-state index contributed by atoms with van der Waals surface area (Å²) in [6.07, 6.45) is 0.690. The van der Waals surface area contributed by atoms with Gasteiger partial charge < -0.3 is 15.4 Å². The van der Waals surface area contributed by atoms with Crippen LogP contribution in [0, 0.1) is 0 Å². The number of carbonyl (C=O) groups is 1. The van der Waals surface area contributed by atoms with Gasteiger partial charge in [-0.05, 0) is 20.3 Å². The zero-order valence-electron chi connectivity index (χ0n) is 9.19. The molecule has 1 aliphatic rings. The highest BCUT2D eigenvalue weighted by Crippen LogP contribution is 2.14. The molecule has 1 aliphatic heterocycles. The monoisotopic (exact) mass is 200 g/mol. The zero-order chi connectivity index (χ0) is 10.7. The summed E-state index contributed by atoms with van der Waals surface area (Å²) >= 11 is 0. The molecule has 0 aromatic rings. The lowest BCUT2D eigenvalue weighted by atomic mass is 10.1. The number of morpholine rings is 1. The second kappa shape index (κ2) is 4.75. The number of amides is 1. The summed E-state index contributed by atoms with van der Waals surface area (Å²) in [5.74, 6) is 0.0517. The van der Waals surface area contributed by atoms with E-state index in [-0.39, 0.29) is 24.0 Å². The maximum absolute atomic E-state index is 11.9. The highest BCUT2D eigenvalue weighted by Gasteiger charge is 2.31. The Balaban J connectivity index is 2.67. The largest absolute Gasteiger partial charge is 0.377 e. The van der Waals surface area contributed by atoms with Crippen LogP contribution in [0.1, 0.15) is 27.2 Å². The lowest BCUT2D eigenvalue weighted by Crippen LogP contribution is -2.56. The Kier molecular flexibility index (Phi) is 3.89. The van der Waals surface area contributed by atoms with Gasteiger partial charge in [-0.2, -0.15) is 0 Å². The third-order valence-electron chi connectivity index (χ3n) is 2.68. The molecule has 1 rings (SSSR count). The van der Waals surface area contributed by atoms with Crippen molar-refractivity contribution in [3.63, 3.8) is 0 Å². The highest BCUT2D eigenvalue weighted by molar-refractivity contribution is 5.82. The van der Waals surface area contributed by atoms with Gasteiger partial charge in [0.15, 0.2) is 0 Å². The zero-order valence-corrected chi connectivity index (χ0v) is 9.19. The first-order chi connectivity index (χ1) is 6.57. The molecule has 0 spiro atoms. The maximum atomic E-state index is 11.9. The minimum atomic E-state index is -0.363. The van der Waals surface area contributed by atoms with Gasteiger partial charge in [0.1, 0.15) is 0 Å². The van der Waals surface area contributed by atoms with Crippen molar-refractivity contribution >= 4 is 5.91 Å². The Hall–Kier alpha value is -0.610. The number of nitrogens with two attached hydrogens (primary N) is 1. The molecule has 82 valence electrons. The van der Waals surface area contributed by atoms with Crippen LogP contribution in [0.5, 0.6) is 0 Å². The third kappa shape index (κ3) is 2.25. The topological polar surface area (TPSA) is 55.6 Å². The van der Waals surface area contributed by atoms with Gasteiger partial charge >= 0.3 is 0 Å². The van der Waals surface area contributed by atoms with Crippen molar-refractivity contribution in [3.8, 4) is 0 Å². The Labute approximate surface area is 85.4 Å². The van der Waals surface area contributed by atoms with E-state index < -0.39 is 0 Å². The Morgan fingerprint density at radius 3 is 2.43 bits per heavy atom. The first-order valence-corrected chi connectivity index (χ1v) is 5.23. The molecule has 0 aliphatic carbocycles. The molecule has 14 heavy (non-hydrogen) atoms. The first-order valence-electron chi connectivity index (χ1n) is 5.23. The van der Waals surface area contributed by atoms with E-state index in [0.29, 0.717) is 19.6 Å². The summed E-state index contributed by atoms with van der Waals surface area (Å²) in [5.41, 5.74) is 5.74. The Bertz CT molecular complexity index is 198. The molecule has 0 saturated carbocycles. The Morgan fingerprint density at radius 1 is 1.50 bits per heavy atom. The van der Waals surface area contributed by atoms with Crippen molar-refractivity contribution in [2.45, 2.75) is 45.3 Å². The summed E-state index contributed by atoms with van der Waals surface area (Å²) in [5, 5.41) is 0. The van der Waals surface area contributed by atoms with Gasteiger partial charge in [-0.25, -0.2) is 0 Å². The predicted molar refractivity (Wildman–Crippen MR) is 54.9 cm³/mol. The fourth-order valence-corrected chi connectivity index (χ4v) is 1.80. The minimum absolute atomic E-state index is 0.0517. The molecule has 3 atom stereocenters. The van der Waals surface area contributed by atoms with E-state index in [2.05, 4.69) is 0 Å². The lowest BCUT2D eigenvalue weighted by molar-refractivity contribution is -0.145. The lowest BCUT2D eigenvalue weighted by Gasteiger charge is -2.40. The van der Waals surface area contributed by atoms with E-state index >= 15 is 0 Å². The molecule has 2 N–H and O–H groups in total. The van der Waals surface area contributed by atoms with Crippen molar-refractivity contribution in [2.24, 2.45) is 5.73 Å². The molecule has 1 saturated heterocycles. The summed E-state index contributed by atoms with van der Waals surface area (Å²) in [6.45, 7) is 7.16. The fraction of sp³-hybridized carbons (Fsp3) is 0.900. The number of nitrogens with zero attached hydrogens (tertiary/aromatic N) is 1. The summed E-state index contributed by atoms with van der Waals surface area (Å²) in [7, 11) is 0. The number of ether oxygens (including phenoxy) is 1. The first kappa shape index (κ1) is 11.5. The van der Waals surface area contributed by atoms with Crippen LogP contribution in [0.4, 0.5) is 0 Å². The minimum Gasteiger partial charge on any atom is -0.377 e. The van der Waals surface area contributed by atoms with Crippen LogP contribution in [-0.4, -0.2) is 42.1 Å². The second-order valence-electron chi connectivity index (χ2n) is 4.00. The van der Waals surface area contributed by atoms with Crippen LogP contribution in [0.15, 0.2) is 0 Å². The SMILES string of the molecule is CC[C@H](N)C(=O)N1[C@H](C)COC[C@H]1C. The van der Waals surface area contributed by atoms with Crippen LogP contribution in [-0.2, 0) is 9.53 Å². The van der Waals surface area contributed by atoms with Crippen molar-refractivity contribution < 1.29 is 9.53 Å². The normalized spacial score (nSPS) is 30.1. The average Bonchev–Trinajstić information content (AvgIpc) is 2.16. The molecule has 1 fully saturated rings. The second-order valence-corrected chi connectivity index (χ2v) is 4.00. The summed E-state index contributed by atoms with van der Waals surface area (Å²) < 4.78 is 5.35. The molecular weight excluding hydrogens is 180 g/mol. The Morgan fingerprint density at radius 2 is 2.00 bits per heavy atom. The molecule has 1 heterocycles. The number of rotatable bonds is 2. The molecule has 1 amide bonds. The molecule has 0 radical (unpaired) electrons.